The minimum Gasteiger partial charge on any atom is -0.378 e. The van der Waals surface area contributed by atoms with Gasteiger partial charge < -0.3 is 9.64 Å². The van der Waals surface area contributed by atoms with E-state index in [2.05, 4.69) is 44.3 Å². The molecule has 1 aliphatic heterocycles. The molecule has 0 radical (unpaired) electrons. The number of anilines is 1. The predicted molar refractivity (Wildman–Crippen MR) is 104 cm³/mol. The van der Waals surface area contributed by atoms with E-state index in [1.165, 1.54) is 0 Å². The Morgan fingerprint density at radius 1 is 0.963 bits per heavy atom. The van der Waals surface area contributed by atoms with Crippen molar-refractivity contribution in [3.8, 4) is 16.8 Å². The van der Waals surface area contributed by atoms with Crippen LogP contribution in [0, 0.1) is 0 Å². The SMILES string of the molecule is Cn1cc(-c2ccc3cnn(-c4ccnc(N5CCOCC5)c4)c3c2)cn1. The van der Waals surface area contributed by atoms with Gasteiger partial charge >= 0.3 is 0 Å². The van der Waals surface area contributed by atoms with Gasteiger partial charge in [-0.05, 0) is 17.7 Å². The third-order valence-electron chi connectivity index (χ3n) is 4.92. The number of hydrogen-bond acceptors (Lipinski definition) is 5. The minimum atomic E-state index is 0.741. The van der Waals surface area contributed by atoms with Gasteiger partial charge in [-0.15, -0.1) is 0 Å². The monoisotopic (exact) mass is 360 g/mol. The molecule has 0 unspecified atom stereocenters. The number of pyridine rings is 1. The maximum Gasteiger partial charge on any atom is 0.130 e. The highest BCUT2D eigenvalue weighted by atomic mass is 16.5. The Labute approximate surface area is 156 Å². The van der Waals surface area contributed by atoms with Crippen molar-refractivity contribution in [2.75, 3.05) is 31.2 Å². The van der Waals surface area contributed by atoms with Crippen LogP contribution in [-0.4, -0.2) is 50.8 Å². The fraction of sp³-hybridized carbons (Fsp3) is 0.250. The van der Waals surface area contributed by atoms with Crippen molar-refractivity contribution >= 4 is 16.7 Å². The summed E-state index contributed by atoms with van der Waals surface area (Å²) < 4.78 is 9.23. The average molecular weight is 360 g/mol. The Morgan fingerprint density at radius 3 is 2.67 bits per heavy atom. The molecule has 5 rings (SSSR count). The molecule has 4 aromatic rings. The number of rotatable bonds is 3. The van der Waals surface area contributed by atoms with Gasteiger partial charge in [0.05, 0.1) is 36.8 Å². The molecule has 0 amide bonds. The Hall–Kier alpha value is -3.19. The van der Waals surface area contributed by atoms with Crippen LogP contribution in [0.2, 0.25) is 0 Å². The minimum absolute atomic E-state index is 0.741. The quantitative estimate of drug-likeness (QED) is 0.562. The number of aromatic nitrogens is 5. The molecule has 27 heavy (non-hydrogen) atoms. The zero-order valence-electron chi connectivity index (χ0n) is 15.1. The largest absolute Gasteiger partial charge is 0.378 e. The summed E-state index contributed by atoms with van der Waals surface area (Å²) in [5.74, 6) is 0.961. The summed E-state index contributed by atoms with van der Waals surface area (Å²) in [6.07, 6.45) is 7.64. The molecule has 7 heteroatoms. The van der Waals surface area contributed by atoms with E-state index in [-0.39, 0.29) is 0 Å². The van der Waals surface area contributed by atoms with Crippen LogP contribution in [0.5, 0.6) is 0 Å². The standard InChI is InChI=1S/C20H20N6O/c1-24-14-17(13-22-24)15-2-3-16-12-23-26(19(16)10-15)18-4-5-21-20(11-18)25-6-8-27-9-7-25/h2-5,10-14H,6-9H2,1H3. The van der Waals surface area contributed by atoms with Crippen LogP contribution in [0.15, 0.2) is 55.1 Å². The van der Waals surface area contributed by atoms with Crippen LogP contribution < -0.4 is 4.90 Å². The van der Waals surface area contributed by atoms with Gasteiger partial charge in [-0.2, -0.15) is 10.2 Å². The fourth-order valence-corrected chi connectivity index (χ4v) is 3.48. The number of nitrogens with zero attached hydrogens (tertiary/aromatic N) is 6. The van der Waals surface area contributed by atoms with Gasteiger partial charge in [0.2, 0.25) is 0 Å². The van der Waals surface area contributed by atoms with Crippen molar-refractivity contribution in [3.63, 3.8) is 0 Å². The molecule has 0 N–H and O–H groups in total. The zero-order valence-corrected chi connectivity index (χ0v) is 15.1. The lowest BCUT2D eigenvalue weighted by molar-refractivity contribution is 0.122. The van der Waals surface area contributed by atoms with Crippen molar-refractivity contribution in [2.24, 2.45) is 7.05 Å². The lowest BCUT2D eigenvalue weighted by atomic mass is 10.1. The molecule has 1 saturated heterocycles. The molecule has 1 aliphatic rings. The van der Waals surface area contributed by atoms with Gasteiger partial charge in [0.1, 0.15) is 5.82 Å². The Balaban J connectivity index is 1.56. The molecule has 1 aromatic carbocycles. The summed E-state index contributed by atoms with van der Waals surface area (Å²) in [4.78, 5) is 6.79. The van der Waals surface area contributed by atoms with Gasteiger partial charge in [0.15, 0.2) is 0 Å². The number of fused-ring (bicyclic) bond motifs is 1. The topological polar surface area (TPSA) is 61.0 Å². The van der Waals surface area contributed by atoms with Crippen molar-refractivity contribution < 1.29 is 4.74 Å². The third-order valence-corrected chi connectivity index (χ3v) is 4.92. The fourth-order valence-electron chi connectivity index (χ4n) is 3.48. The summed E-state index contributed by atoms with van der Waals surface area (Å²) in [5.41, 5.74) is 4.29. The smallest absolute Gasteiger partial charge is 0.130 e. The molecule has 0 saturated carbocycles. The molecule has 7 nitrogen and oxygen atoms in total. The van der Waals surface area contributed by atoms with E-state index in [9.17, 15) is 0 Å². The molecule has 3 aromatic heterocycles. The number of ether oxygens (including phenoxy) is 1. The van der Waals surface area contributed by atoms with Crippen molar-refractivity contribution in [2.45, 2.75) is 0 Å². The average Bonchev–Trinajstić information content (AvgIpc) is 3.34. The van der Waals surface area contributed by atoms with E-state index < -0.39 is 0 Å². The highest BCUT2D eigenvalue weighted by Crippen LogP contribution is 2.26. The van der Waals surface area contributed by atoms with Crippen LogP contribution in [-0.2, 0) is 11.8 Å². The second kappa shape index (κ2) is 6.51. The van der Waals surface area contributed by atoms with Crippen LogP contribution in [0.4, 0.5) is 5.82 Å². The van der Waals surface area contributed by atoms with E-state index in [0.717, 1.165) is 59.8 Å². The van der Waals surface area contributed by atoms with Gasteiger partial charge in [0.25, 0.3) is 0 Å². The van der Waals surface area contributed by atoms with Crippen LogP contribution >= 0.6 is 0 Å². The first-order valence-electron chi connectivity index (χ1n) is 9.04. The highest BCUT2D eigenvalue weighted by Gasteiger charge is 2.14. The van der Waals surface area contributed by atoms with E-state index in [1.807, 2.05) is 47.3 Å². The van der Waals surface area contributed by atoms with Gasteiger partial charge in [-0.1, -0.05) is 12.1 Å². The first-order valence-corrected chi connectivity index (χ1v) is 9.04. The molecular weight excluding hydrogens is 340 g/mol. The molecule has 0 bridgehead atoms. The third kappa shape index (κ3) is 2.96. The maximum atomic E-state index is 5.44. The van der Waals surface area contributed by atoms with Gasteiger partial charge in [0, 0.05) is 49.5 Å². The molecule has 0 aliphatic carbocycles. The van der Waals surface area contributed by atoms with Gasteiger partial charge in [-0.25, -0.2) is 9.67 Å². The number of hydrogen-bond donors (Lipinski definition) is 0. The Morgan fingerprint density at radius 2 is 1.85 bits per heavy atom. The van der Waals surface area contributed by atoms with E-state index in [0.29, 0.717) is 0 Å². The summed E-state index contributed by atoms with van der Waals surface area (Å²) >= 11 is 0. The normalized spacial score (nSPS) is 14.8. The molecule has 1 fully saturated rings. The van der Waals surface area contributed by atoms with E-state index in [4.69, 9.17) is 4.74 Å². The van der Waals surface area contributed by atoms with Crippen molar-refractivity contribution in [3.05, 3.63) is 55.1 Å². The van der Waals surface area contributed by atoms with Crippen molar-refractivity contribution in [1.29, 1.82) is 0 Å². The van der Waals surface area contributed by atoms with E-state index in [1.54, 1.807) is 0 Å². The van der Waals surface area contributed by atoms with Crippen molar-refractivity contribution in [1.82, 2.24) is 24.5 Å². The molecule has 0 spiro atoms. The van der Waals surface area contributed by atoms with Crippen LogP contribution in [0.25, 0.3) is 27.7 Å². The summed E-state index contributed by atoms with van der Waals surface area (Å²) in [7, 11) is 1.93. The highest BCUT2D eigenvalue weighted by molar-refractivity contribution is 5.85. The first kappa shape index (κ1) is 16.0. The predicted octanol–water partition coefficient (Wildman–Crippen LogP) is 2.66. The summed E-state index contributed by atoms with van der Waals surface area (Å²) in [5, 5.41) is 10.00. The number of morpholine rings is 1. The first-order chi connectivity index (χ1) is 13.3. The van der Waals surface area contributed by atoms with E-state index >= 15 is 0 Å². The number of aryl methyl sites for hydroxylation is 1. The summed E-state index contributed by atoms with van der Waals surface area (Å²) in [6, 6.07) is 10.5. The second-order valence-electron chi connectivity index (χ2n) is 6.70. The zero-order chi connectivity index (χ0) is 18.2. The number of benzene rings is 1. The lowest BCUT2D eigenvalue weighted by Crippen LogP contribution is -2.36. The van der Waals surface area contributed by atoms with Crippen LogP contribution in [0.1, 0.15) is 0 Å². The molecule has 4 heterocycles. The lowest BCUT2D eigenvalue weighted by Gasteiger charge is -2.28. The molecular formula is C20H20N6O. The second-order valence-corrected chi connectivity index (χ2v) is 6.70. The summed E-state index contributed by atoms with van der Waals surface area (Å²) in [6.45, 7) is 3.21. The molecule has 0 atom stereocenters. The Bertz CT molecular complexity index is 1090. The molecule has 136 valence electrons. The maximum absolute atomic E-state index is 5.44. The van der Waals surface area contributed by atoms with Crippen LogP contribution in [0.3, 0.4) is 0 Å². The van der Waals surface area contributed by atoms with Gasteiger partial charge in [-0.3, -0.25) is 4.68 Å². The Kier molecular flexibility index (Phi) is 3.86.